The Balaban J connectivity index is 2.60. The summed E-state index contributed by atoms with van der Waals surface area (Å²) in [6.45, 7) is 5.48. The molecule has 1 aromatic rings. The predicted molar refractivity (Wildman–Crippen MR) is 85.4 cm³/mol. The normalized spacial score (nSPS) is 10.9. The Morgan fingerprint density at radius 3 is 2.43 bits per heavy atom. The molecule has 5 nitrogen and oxygen atoms in total. The summed E-state index contributed by atoms with van der Waals surface area (Å²) in [6.07, 6.45) is -0.139. The van der Waals surface area contributed by atoms with Gasteiger partial charge in [-0.2, -0.15) is 0 Å². The first-order chi connectivity index (χ1) is 9.61. The molecule has 0 aliphatic heterocycles. The van der Waals surface area contributed by atoms with E-state index in [1.165, 1.54) is 0 Å². The molecule has 0 unspecified atom stereocenters. The Morgan fingerprint density at radius 2 is 1.86 bits per heavy atom. The zero-order valence-corrected chi connectivity index (χ0v) is 13.5. The summed E-state index contributed by atoms with van der Waals surface area (Å²) >= 11 is 11.7. The van der Waals surface area contributed by atoms with Crippen LogP contribution < -0.4 is 10.6 Å². The molecule has 21 heavy (non-hydrogen) atoms. The number of hydrogen-bond donors (Lipinski definition) is 3. The molecule has 0 heterocycles. The lowest BCUT2D eigenvalue weighted by atomic mass is 9.88. The van der Waals surface area contributed by atoms with Crippen LogP contribution in [0.15, 0.2) is 18.2 Å². The molecule has 114 valence electrons. The average molecular weight is 330 g/mol. The number of hydrogen-bond acceptors (Lipinski definition) is 3. The molecule has 0 aliphatic rings. The van der Waals surface area contributed by atoms with E-state index in [-0.39, 0.29) is 17.2 Å². The van der Waals surface area contributed by atoms with Crippen LogP contribution in [0.25, 0.3) is 0 Å². The largest absolute Gasteiger partial charge is 0.325 e. The summed E-state index contributed by atoms with van der Waals surface area (Å²) in [5, 5.41) is 12.8. The minimum Gasteiger partial charge on any atom is -0.309 e. The number of halogens is 2. The minimum atomic E-state index is -0.717. The van der Waals surface area contributed by atoms with Gasteiger partial charge in [0, 0.05) is 11.1 Å². The molecule has 3 N–H and O–H groups in total. The van der Waals surface area contributed by atoms with Crippen molar-refractivity contribution in [1.82, 2.24) is 5.32 Å². The fraction of sp³-hybridized carbons (Fsp3) is 0.357. The Labute approximate surface area is 133 Å². The van der Waals surface area contributed by atoms with Crippen molar-refractivity contribution in [3.05, 3.63) is 28.2 Å². The van der Waals surface area contributed by atoms with Gasteiger partial charge in [-0.1, -0.05) is 50.0 Å². The van der Waals surface area contributed by atoms with Crippen molar-refractivity contribution in [3.63, 3.8) is 0 Å². The lowest BCUT2D eigenvalue weighted by molar-refractivity contribution is -0.118. The number of carbonyl (C=O) groups is 2. The summed E-state index contributed by atoms with van der Waals surface area (Å²) in [7, 11) is 0. The van der Waals surface area contributed by atoms with E-state index in [1.807, 2.05) is 20.8 Å². The second kappa shape index (κ2) is 6.91. The van der Waals surface area contributed by atoms with Gasteiger partial charge in [0.05, 0.1) is 22.2 Å². The van der Waals surface area contributed by atoms with Crippen molar-refractivity contribution in [2.24, 2.45) is 5.41 Å². The van der Waals surface area contributed by atoms with E-state index in [9.17, 15) is 9.59 Å². The van der Waals surface area contributed by atoms with Crippen LogP contribution in [0.1, 0.15) is 27.2 Å². The number of benzene rings is 1. The molecule has 3 amide bonds. The van der Waals surface area contributed by atoms with Gasteiger partial charge in [0.1, 0.15) is 0 Å². The number of urea groups is 1. The van der Waals surface area contributed by atoms with E-state index in [2.05, 4.69) is 10.6 Å². The molecule has 1 rings (SSSR count). The van der Waals surface area contributed by atoms with E-state index in [1.54, 1.807) is 18.2 Å². The maximum Gasteiger partial charge on any atom is 0.325 e. The fourth-order valence-electron chi connectivity index (χ4n) is 1.35. The number of imide groups is 1. The molecule has 1 aromatic carbocycles. The third-order valence-corrected chi connectivity index (χ3v) is 3.51. The highest BCUT2D eigenvalue weighted by Crippen LogP contribution is 2.29. The molecule has 0 fully saturated rings. The predicted octanol–water partition coefficient (Wildman–Crippen LogP) is 4.10. The van der Waals surface area contributed by atoms with Gasteiger partial charge in [0.15, 0.2) is 0 Å². The van der Waals surface area contributed by atoms with Gasteiger partial charge in [0.25, 0.3) is 0 Å². The Hall–Kier alpha value is -1.59. The Bertz CT molecular complexity index is 580. The molecule has 0 atom stereocenters. The third kappa shape index (κ3) is 5.36. The van der Waals surface area contributed by atoms with E-state index < -0.39 is 17.4 Å². The van der Waals surface area contributed by atoms with Crippen molar-refractivity contribution < 1.29 is 9.59 Å². The van der Waals surface area contributed by atoms with Gasteiger partial charge in [-0.25, -0.2) is 4.79 Å². The highest BCUT2D eigenvalue weighted by Gasteiger charge is 2.21. The minimum absolute atomic E-state index is 0.139. The highest BCUT2D eigenvalue weighted by molar-refractivity contribution is 6.44. The van der Waals surface area contributed by atoms with Crippen LogP contribution in [0.4, 0.5) is 10.5 Å². The molecule has 0 saturated heterocycles. The SMILES string of the molecule is CC(C)(C)C(=N)CC(=O)NC(=O)Nc1cccc(Cl)c1Cl. The average Bonchev–Trinajstić information content (AvgIpc) is 2.33. The van der Waals surface area contributed by atoms with Crippen LogP contribution in [0.2, 0.25) is 10.0 Å². The second-order valence-corrected chi connectivity index (χ2v) is 6.29. The summed E-state index contributed by atoms with van der Waals surface area (Å²) in [5.41, 5.74) is 0.137. The molecule has 0 aliphatic carbocycles. The molecule has 0 aromatic heterocycles. The monoisotopic (exact) mass is 329 g/mol. The van der Waals surface area contributed by atoms with E-state index >= 15 is 0 Å². The topological polar surface area (TPSA) is 82.1 Å². The fourth-order valence-corrected chi connectivity index (χ4v) is 1.70. The smallest absolute Gasteiger partial charge is 0.309 e. The lowest BCUT2D eigenvalue weighted by Crippen LogP contribution is -2.37. The second-order valence-electron chi connectivity index (χ2n) is 5.51. The molecule has 0 saturated carbocycles. The van der Waals surface area contributed by atoms with Crippen LogP contribution in [0.5, 0.6) is 0 Å². The first kappa shape index (κ1) is 17.5. The van der Waals surface area contributed by atoms with Gasteiger partial charge in [-0.05, 0) is 12.1 Å². The summed E-state index contributed by atoms with van der Waals surface area (Å²) in [6, 6.07) is 4.06. The van der Waals surface area contributed by atoms with Crippen molar-refractivity contribution in [3.8, 4) is 0 Å². The van der Waals surface area contributed by atoms with Gasteiger partial charge in [-0.3, -0.25) is 10.1 Å². The van der Waals surface area contributed by atoms with Crippen LogP contribution in [0.3, 0.4) is 0 Å². The Kier molecular flexibility index (Phi) is 5.75. The highest BCUT2D eigenvalue weighted by atomic mass is 35.5. The quantitative estimate of drug-likeness (QED) is 0.729. The van der Waals surface area contributed by atoms with Crippen molar-refractivity contribution >= 4 is 46.5 Å². The maximum atomic E-state index is 11.7. The van der Waals surface area contributed by atoms with Crippen LogP contribution in [0, 0.1) is 10.8 Å². The number of anilines is 1. The zero-order valence-electron chi connectivity index (χ0n) is 12.0. The first-order valence-corrected chi connectivity index (χ1v) is 6.99. The number of nitrogens with one attached hydrogen (secondary N) is 3. The van der Waals surface area contributed by atoms with Gasteiger partial charge < -0.3 is 10.7 Å². The summed E-state index contributed by atoms with van der Waals surface area (Å²) < 4.78 is 0. The molecular formula is C14H17Cl2N3O2. The molecule has 7 heteroatoms. The Morgan fingerprint density at radius 1 is 1.24 bits per heavy atom. The van der Waals surface area contributed by atoms with Gasteiger partial charge in [0.2, 0.25) is 5.91 Å². The molecule has 0 spiro atoms. The van der Waals surface area contributed by atoms with Crippen LogP contribution >= 0.6 is 23.2 Å². The van der Waals surface area contributed by atoms with Gasteiger partial charge >= 0.3 is 6.03 Å². The summed E-state index contributed by atoms with van der Waals surface area (Å²) in [5.74, 6) is -0.550. The lowest BCUT2D eigenvalue weighted by Gasteiger charge is -2.19. The maximum absolute atomic E-state index is 11.7. The molecule has 0 bridgehead atoms. The van der Waals surface area contributed by atoms with E-state index in [0.717, 1.165) is 0 Å². The molecular weight excluding hydrogens is 313 g/mol. The van der Waals surface area contributed by atoms with E-state index in [4.69, 9.17) is 28.6 Å². The van der Waals surface area contributed by atoms with Crippen molar-refractivity contribution in [1.29, 1.82) is 5.41 Å². The van der Waals surface area contributed by atoms with Crippen LogP contribution in [-0.2, 0) is 4.79 Å². The zero-order chi connectivity index (χ0) is 16.2. The number of carbonyl (C=O) groups excluding carboxylic acids is 2. The standard InChI is InChI=1S/C14H17Cl2N3O2/c1-14(2,3)10(17)7-11(20)19-13(21)18-9-6-4-5-8(15)12(9)16/h4-6,17H,7H2,1-3H3,(H2,18,19,20,21). The molecule has 0 radical (unpaired) electrons. The van der Waals surface area contributed by atoms with Gasteiger partial charge in [-0.15, -0.1) is 0 Å². The number of rotatable bonds is 3. The summed E-state index contributed by atoms with van der Waals surface area (Å²) in [4.78, 5) is 23.4. The third-order valence-electron chi connectivity index (χ3n) is 2.70. The van der Waals surface area contributed by atoms with Crippen LogP contribution in [-0.4, -0.2) is 17.6 Å². The first-order valence-electron chi connectivity index (χ1n) is 6.24. The van der Waals surface area contributed by atoms with E-state index in [0.29, 0.717) is 10.7 Å². The van der Waals surface area contributed by atoms with Crippen molar-refractivity contribution in [2.45, 2.75) is 27.2 Å². The van der Waals surface area contributed by atoms with Crippen molar-refractivity contribution in [2.75, 3.05) is 5.32 Å². The number of amides is 3.